The number of rotatable bonds is 9. The molecule has 31 heavy (non-hydrogen) atoms. The lowest BCUT2D eigenvalue weighted by Crippen LogP contribution is -2.40. The van der Waals surface area contributed by atoms with Gasteiger partial charge in [-0.3, -0.25) is 14.1 Å². The molecule has 0 aliphatic heterocycles. The highest BCUT2D eigenvalue weighted by Gasteiger charge is 2.28. The summed E-state index contributed by atoms with van der Waals surface area (Å²) in [4.78, 5) is 16.9. The van der Waals surface area contributed by atoms with Crippen LogP contribution in [0, 0.1) is 0 Å². The fraction of sp³-hybridized carbons (Fsp3) is 0.182. The average Bonchev–Trinajstić information content (AvgIpc) is 2.82. The number of hydrogen-bond donors (Lipinski definition) is 1. The van der Waals surface area contributed by atoms with Crippen molar-refractivity contribution in [2.75, 3.05) is 25.1 Å². The number of carbonyl (C=O) groups excluding carboxylic acids is 1. The van der Waals surface area contributed by atoms with Crippen LogP contribution in [0.1, 0.15) is 5.69 Å². The predicted octanol–water partition coefficient (Wildman–Crippen LogP) is 2.61. The normalized spacial score (nSPS) is 10.9. The molecule has 3 aromatic rings. The summed E-state index contributed by atoms with van der Waals surface area (Å²) < 4.78 is 38.3. The third-order valence-corrected chi connectivity index (χ3v) is 6.25. The number of nitrogens with zero attached hydrogens (tertiary/aromatic N) is 2. The first-order valence-electron chi connectivity index (χ1n) is 9.42. The van der Waals surface area contributed by atoms with Gasteiger partial charge in [-0.2, -0.15) is 0 Å². The maximum Gasteiger partial charge on any atom is 0.264 e. The molecule has 1 aromatic heterocycles. The lowest BCUT2D eigenvalue weighted by Gasteiger charge is -2.25. The minimum atomic E-state index is -4.02. The van der Waals surface area contributed by atoms with Gasteiger partial charge >= 0.3 is 0 Å². The third-order valence-electron chi connectivity index (χ3n) is 4.47. The van der Waals surface area contributed by atoms with Crippen LogP contribution in [-0.4, -0.2) is 40.1 Å². The molecule has 0 saturated carbocycles. The Hall–Kier alpha value is -3.59. The SMILES string of the molecule is COc1ccc(N(CC(=O)NCc2ccccn2)S(=O)(=O)c2ccccc2)cc1OC. The van der Waals surface area contributed by atoms with E-state index in [2.05, 4.69) is 10.3 Å². The van der Waals surface area contributed by atoms with Crippen molar-refractivity contribution in [1.29, 1.82) is 0 Å². The Balaban J connectivity index is 1.92. The van der Waals surface area contributed by atoms with Crippen LogP contribution in [0.25, 0.3) is 0 Å². The van der Waals surface area contributed by atoms with E-state index >= 15 is 0 Å². The summed E-state index contributed by atoms with van der Waals surface area (Å²) in [5, 5.41) is 2.71. The van der Waals surface area contributed by atoms with Crippen LogP contribution in [-0.2, 0) is 21.4 Å². The van der Waals surface area contributed by atoms with Crippen molar-refractivity contribution in [1.82, 2.24) is 10.3 Å². The number of ether oxygens (including phenoxy) is 2. The van der Waals surface area contributed by atoms with E-state index in [0.29, 0.717) is 17.2 Å². The molecule has 1 N–H and O–H groups in total. The summed E-state index contributed by atoms with van der Waals surface area (Å²) in [6, 6.07) is 18.0. The maximum absolute atomic E-state index is 13.4. The quantitative estimate of drug-likeness (QED) is 0.548. The van der Waals surface area contributed by atoms with Crippen molar-refractivity contribution in [2.24, 2.45) is 0 Å². The Morgan fingerprint density at radius 3 is 2.32 bits per heavy atom. The molecule has 0 saturated heterocycles. The van der Waals surface area contributed by atoms with Gasteiger partial charge in [-0.05, 0) is 36.4 Å². The maximum atomic E-state index is 13.4. The van der Waals surface area contributed by atoms with Crippen LogP contribution < -0.4 is 19.1 Å². The van der Waals surface area contributed by atoms with Gasteiger partial charge in [0.1, 0.15) is 6.54 Å². The summed E-state index contributed by atoms with van der Waals surface area (Å²) >= 11 is 0. The molecule has 8 nitrogen and oxygen atoms in total. The van der Waals surface area contributed by atoms with Gasteiger partial charge < -0.3 is 14.8 Å². The van der Waals surface area contributed by atoms with Crippen LogP contribution in [0.3, 0.4) is 0 Å². The monoisotopic (exact) mass is 441 g/mol. The number of pyridine rings is 1. The first-order valence-corrected chi connectivity index (χ1v) is 10.9. The summed E-state index contributed by atoms with van der Waals surface area (Å²) in [5.41, 5.74) is 0.939. The minimum absolute atomic E-state index is 0.0716. The number of sulfonamides is 1. The van der Waals surface area contributed by atoms with Gasteiger partial charge in [0.15, 0.2) is 11.5 Å². The van der Waals surface area contributed by atoms with Gasteiger partial charge in [-0.25, -0.2) is 8.42 Å². The highest BCUT2D eigenvalue weighted by Crippen LogP contribution is 2.33. The molecule has 162 valence electrons. The van der Waals surface area contributed by atoms with E-state index in [1.807, 2.05) is 6.07 Å². The number of aromatic nitrogens is 1. The second-order valence-electron chi connectivity index (χ2n) is 6.46. The lowest BCUT2D eigenvalue weighted by molar-refractivity contribution is -0.119. The molecular weight excluding hydrogens is 418 g/mol. The van der Waals surface area contributed by atoms with Crippen molar-refractivity contribution in [2.45, 2.75) is 11.4 Å². The van der Waals surface area contributed by atoms with Gasteiger partial charge in [0.2, 0.25) is 5.91 Å². The van der Waals surface area contributed by atoms with E-state index in [0.717, 1.165) is 4.31 Å². The minimum Gasteiger partial charge on any atom is -0.493 e. The number of benzene rings is 2. The van der Waals surface area contributed by atoms with Crippen LogP contribution in [0.4, 0.5) is 5.69 Å². The smallest absolute Gasteiger partial charge is 0.264 e. The highest BCUT2D eigenvalue weighted by molar-refractivity contribution is 7.92. The summed E-state index contributed by atoms with van der Waals surface area (Å²) in [5.74, 6) is 0.324. The Bertz CT molecular complexity index is 1120. The second-order valence-corrected chi connectivity index (χ2v) is 8.32. The van der Waals surface area contributed by atoms with E-state index in [1.165, 1.54) is 32.4 Å². The van der Waals surface area contributed by atoms with E-state index in [9.17, 15) is 13.2 Å². The van der Waals surface area contributed by atoms with Crippen molar-refractivity contribution < 1.29 is 22.7 Å². The molecule has 3 rings (SSSR count). The Morgan fingerprint density at radius 2 is 1.68 bits per heavy atom. The summed E-state index contributed by atoms with van der Waals surface area (Å²) in [6.07, 6.45) is 1.62. The van der Waals surface area contributed by atoms with Crippen molar-refractivity contribution in [3.63, 3.8) is 0 Å². The van der Waals surface area contributed by atoms with Gasteiger partial charge in [0.25, 0.3) is 10.0 Å². The van der Waals surface area contributed by atoms with E-state index < -0.39 is 22.5 Å². The first kappa shape index (κ1) is 22.1. The van der Waals surface area contributed by atoms with Crippen LogP contribution >= 0.6 is 0 Å². The fourth-order valence-electron chi connectivity index (χ4n) is 2.89. The van der Waals surface area contributed by atoms with Gasteiger partial charge in [0, 0.05) is 12.3 Å². The number of carbonyl (C=O) groups is 1. The predicted molar refractivity (Wildman–Crippen MR) is 117 cm³/mol. The van der Waals surface area contributed by atoms with Crippen LogP contribution in [0.2, 0.25) is 0 Å². The molecule has 0 unspecified atom stereocenters. The largest absolute Gasteiger partial charge is 0.493 e. The molecule has 0 spiro atoms. The van der Waals surface area contributed by atoms with E-state index in [4.69, 9.17) is 9.47 Å². The summed E-state index contributed by atoms with van der Waals surface area (Å²) in [6.45, 7) is -0.232. The first-order chi connectivity index (χ1) is 15.0. The van der Waals surface area contributed by atoms with Gasteiger partial charge in [0.05, 0.1) is 37.0 Å². The summed E-state index contributed by atoms with van der Waals surface area (Å²) in [7, 11) is -1.07. The lowest BCUT2D eigenvalue weighted by atomic mass is 10.2. The second kappa shape index (κ2) is 9.94. The zero-order valence-corrected chi connectivity index (χ0v) is 18.0. The number of hydrogen-bond acceptors (Lipinski definition) is 6. The topological polar surface area (TPSA) is 97.8 Å². The highest BCUT2D eigenvalue weighted by atomic mass is 32.2. The van der Waals surface area contributed by atoms with Crippen molar-refractivity contribution in [3.8, 4) is 11.5 Å². The fourth-order valence-corrected chi connectivity index (χ4v) is 4.33. The Morgan fingerprint density at radius 1 is 0.968 bits per heavy atom. The third kappa shape index (κ3) is 5.32. The van der Waals surface area contributed by atoms with Gasteiger partial charge in [-0.15, -0.1) is 0 Å². The van der Waals surface area contributed by atoms with Crippen molar-refractivity contribution in [3.05, 3.63) is 78.6 Å². The van der Waals surface area contributed by atoms with E-state index in [-0.39, 0.29) is 17.1 Å². The van der Waals surface area contributed by atoms with Crippen molar-refractivity contribution >= 4 is 21.6 Å². The molecular formula is C22H23N3O5S. The van der Waals surface area contributed by atoms with Crippen LogP contribution in [0.15, 0.2) is 77.8 Å². The Kier molecular flexibility index (Phi) is 7.09. The average molecular weight is 442 g/mol. The molecule has 1 amide bonds. The molecule has 9 heteroatoms. The molecule has 0 aliphatic carbocycles. The van der Waals surface area contributed by atoms with E-state index in [1.54, 1.807) is 48.7 Å². The Labute approximate surface area is 181 Å². The zero-order valence-electron chi connectivity index (χ0n) is 17.2. The standard InChI is InChI=1S/C22H23N3O5S/c1-29-20-12-11-18(14-21(20)30-2)25(31(27,28)19-9-4-3-5-10-19)16-22(26)24-15-17-8-6-7-13-23-17/h3-14H,15-16H2,1-2H3,(H,24,26). The molecule has 0 bridgehead atoms. The van der Waals surface area contributed by atoms with Gasteiger partial charge in [-0.1, -0.05) is 24.3 Å². The molecule has 0 fully saturated rings. The zero-order chi connectivity index (χ0) is 22.3. The number of methoxy groups -OCH3 is 2. The molecule has 0 atom stereocenters. The molecule has 0 aliphatic rings. The van der Waals surface area contributed by atoms with Crippen LogP contribution in [0.5, 0.6) is 11.5 Å². The number of amides is 1. The molecule has 1 heterocycles. The molecule has 2 aromatic carbocycles. The molecule has 0 radical (unpaired) electrons. The number of nitrogens with one attached hydrogen (secondary N) is 1. The number of anilines is 1.